The number of esters is 1. The van der Waals surface area contributed by atoms with Crippen LogP contribution in [0.2, 0.25) is 0 Å². The van der Waals surface area contributed by atoms with Gasteiger partial charge < -0.3 is 24.8 Å². The van der Waals surface area contributed by atoms with Gasteiger partial charge in [0.15, 0.2) is 11.5 Å². The summed E-state index contributed by atoms with van der Waals surface area (Å²) in [5, 5.41) is 5.52. The molecule has 0 spiro atoms. The Labute approximate surface area is 206 Å². The minimum atomic E-state index is -0.751. The zero-order valence-electron chi connectivity index (χ0n) is 20.3. The van der Waals surface area contributed by atoms with Crippen molar-refractivity contribution in [1.82, 2.24) is 10.6 Å². The molecule has 7 heteroatoms. The van der Waals surface area contributed by atoms with Crippen molar-refractivity contribution in [2.24, 2.45) is 5.92 Å². The Hall–Kier alpha value is -3.48. The lowest BCUT2D eigenvalue weighted by atomic mass is 9.88. The molecule has 1 aliphatic carbocycles. The van der Waals surface area contributed by atoms with Crippen LogP contribution in [0.1, 0.15) is 62.1 Å². The predicted octanol–water partition coefficient (Wildman–Crippen LogP) is 5.41. The maximum atomic E-state index is 13.3. The van der Waals surface area contributed by atoms with Crippen molar-refractivity contribution in [3.05, 3.63) is 71.9 Å². The first-order valence-corrected chi connectivity index (χ1v) is 12.4. The van der Waals surface area contributed by atoms with Gasteiger partial charge in [-0.05, 0) is 48.9 Å². The number of hydrogen-bond acceptors (Lipinski definition) is 5. The Morgan fingerprint density at radius 2 is 1.71 bits per heavy atom. The van der Waals surface area contributed by atoms with E-state index in [2.05, 4.69) is 17.2 Å². The van der Waals surface area contributed by atoms with Crippen LogP contribution in [0.25, 0.3) is 0 Å². The number of urea groups is 1. The second kappa shape index (κ2) is 11.8. The average Bonchev–Trinajstić information content (AvgIpc) is 2.84. The number of ether oxygens (including phenoxy) is 3. The highest BCUT2D eigenvalue weighted by atomic mass is 16.5. The van der Waals surface area contributed by atoms with Crippen molar-refractivity contribution in [2.75, 3.05) is 7.11 Å². The van der Waals surface area contributed by atoms with Crippen molar-refractivity contribution in [1.29, 1.82) is 0 Å². The van der Waals surface area contributed by atoms with Gasteiger partial charge in [-0.3, -0.25) is 4.79 Å². The van der Waals surface area contributed by atoms with Crippen molar-refractivity contribution in [2.45, 2.75) is 63.7 Å². The number of methoxy groups -OCH3 is 1. The van der Waals surface area contributed by atoms with Gasteiger partial charge >= 0.3 is 12.0 Å². The molecule has 0 aromatic heterocycles. The number of hydrogen-bond donors (Lipinski definition) is 2. The first-order valence-electron chi connectivity index (χ1n) is 12.4. The molecule has 0 bridgehead atoms. The number of benzene rings is 2. The van der Waals surface area contributed by atoms with E-state index in [-0.39, 0.29) is 12.1 Å². The molecular formula is C28H34N2O5. The number of carbonyl (C=O) groups excluding carboxylic acids is 2. The maximum Gasteiger partial charge on any atom is 0.319 e. The minimum Gasteiger partial charge on any atom is -0.493 e. The second-order valence-electron chi connectivity index (χ2n) is 9.17. The first kappa shape index (κ1) is 24.6. The van der Waals surface area contributed by atoms with E-state index >= 15 is 0 Å². The van der Waals surface area contributed by atoms with E-state index in [1.165, 1.54) is 19.3 Å². The molecule has 1 saturated heterocycles. The van der Waals surface area contributed by atoms with Crippen LogP contribution < -0.4 is 20.1 Å². The fraction of sp³-hybridized carbons (Fsp3) is 0.429. The highest BCUT2D eigenvalue weighted by Crippen LogP contribution is 2.36. The van der Waals surface area contributed by atoms with Crippen LogP contribution in [0.3, 0.4) is 0 Å². The summed E-state index contributed by atoms with van der Waals surface area (Å²) in [6.45, 7) is 4.36. The molecule has 1 heterocycles. The van der Waals surface area contributed by atoms with E-state index in [1.54, 1.807) is 19.2 Å². The molecule has 186 valence electrons. The molecule has 4 rings (SSSR count). The van der Waals surface area contributed by atoms with Gasteiger partial charge in [0.05, 0.1) is 13.2 Å². The van der Waals surface area contributed by atoms with Gasteiger partial charge in [-0.15, -0.1) is 0 Å². The van der Waals surface area contributed by atoms with E-state index in [0.717, 1.165) is 31.2 Å². The largest absolute Gasteiger partial charge is 0.493 e. The van der Waals surface area contributed by atoms with E-state index in [4.69, 9.17) is 14.2 Å². The Bertz CT molecular complexity index is 1030. The fourth-order valence-electron chi connectivity index (χ4n) is 4.75. The van der Waals surface area contributed by atoms with Gasteiger partial charge in [-0.25, -0.2) is 4.79 Å². The highest BCUT2D eigenvalue weighted by molar-refractivity contribution is 5.85. The molecule has 2 unspecified atom stereocenters. The molecule has 2 amide bonds. The van der Waals surface area contributed by atoms with Crippen molar-refractivity contribution < 1.29 is 23.8 Å². The lowest BCUT2D eigenvalue weighted by Gasteiger charge is -2.34. The molecule has 7 nitrogen and oxygen atoms in total. The molecule has 2 aromatic rings. The number of nitrogens with one attached hydrogen (secondary N) is 2. The Morgan fingerprint density at radius 1 is 1.00 bits per heavy atom. The average molecular weight is 479 g/mol. The predicted molar refractivity (Wildman–Crippen MR) is 133 cm³/mol. The van der Waals surface area contributed by atoms with Crippen molar-refractivity contribution >= 4 is 12.0 Å². The van der Waals surface area contributed by atoms with Crippen LogP contribution in [0, 0.1) is 5.92 Å². The topological polar surface area (TPSA) is 85.9 Å². The van der Waals surface area contributed by atoms with Crippen LogP contribution in [-0.2, 0) is 16.1 Å². The molecule has 0 radical (unpaired) electrons. The third-order valence-corrected chi connectivity index (χ3v) is 6.64. The van der Waals surface area contributed by atoms with Crippen LogP contribution in [0.5, 0.6) is 11.5 Å². The molecule has 2 N–H and O–H groups in total. The van der Waals surface area contributed by atoms with Crippen LogP contribution in [-0.4, -0.2) is 25.2 Å². The van der Waals surface area contributed by atoms with Crippen LogP contribution in [0.4, 0.5) is 4.79 Å². The van der Waals surface area contributed by atoms with Gasteiger partial charge in [0.1, 0.15) is 18.6 Å². The van der Waals surface area contributed by atoms with Crippen LogP contribution in [0.15, 0.2) is 60.8 Å². The summed E-state index contributed by atoms with van der Waals surface area (Å²) < 4.78 is 17.5. The molecule has 2 aliphatic rings. The highest BCUT2D eigenvalue weighted by Gasteiger charge is 2.40. The monoisotopic (exact) mass is 478 g/mol. The fourth-order valence-corrected chi connectivity index (χ4v) is 4.75. The minimum absolute atomic E-state index is 0.0998. The lowest BCUT2D eigenvalue weighted by Crippen LogP contribution is -2.51. The summed E-state index contributed by atoms with van der Waals surface area (Å²) in [6, 6.07) is 14.2. The summed E-state index contributed by atoms with van der Waals surface area (Å²) in [4.78, 5) is 25.6. The van der Waals surface area contributed by atoms with Gasteiger partial charge in [0.25, 0.3) is 0 Å². The van der Waals surface area contributed by atoms with E-state index in [9.17, 15) is 9.59 Å². The quantitative estimate of drug-likeness (QED) is 0.520. The smallest absolute Gasteiger partial charge is 0.319 e. The van der Waals surface area contributed by atoms with E-state index in [0.29, 0.717) is 29.4 Å². The zero-order chi connectivity index (χ0) is 24.6. The number of rotatable bonds is 7. The van der Waals surface area contributed by atoms with E-state index in [1.807, 2.05) is 36.4 Å². The third-order valence-electron chi connectivity index (χ3n) is 6.64. The number of carbonyl (C=O) groups is 2. The second-order valence-corrected chi connectivity index (χ2v) is 9.17. The van der Waals surface area contributed by atoms with Gasteiger partial charge in [-0.1, -0.05) is 62.2 Å². The molecule has 1 aliphatic heterocycles. The van der Waals surface area contributed by atoms with Crippen molar-refractivity contribution in [3.8, 4) is 11.5 Å². The molecule has 1 saturated carbocycles. The Kier molecular flexibility index (Phi) is 8.29. The zero-order valence-corrected chi connectivity index (χ0v) is 20.3. The normalized spacial score (nSPS) is 21.2. The molecular weight excluding hydrogens is 444 g/mol. The standard InChI is InChI=1S/C28H34N2O5/c1-19-25(27(31)35-22-13-9-4-3-5-10-14-22)26(30-28(32)29-19)21-15-16-23(24(17-21)33-2)34-18-20-11-7-6-8-12-20/h6-8,11-12,15-17,22,25-26H,1,3-5,9-10,13-14,18H2,2H3,(H2,29,30,32). The van der Waals surface area contributed by atoms with Crippen LogP contribution >= 0.6 is 0 Å². The van der Waals surface area contributed by atoms with Gasteiger partial charge in [0, 0.05) is 5.70 Å². The summed E-state index contributed by atoms with van der Waals surface area (Å²) in [5.41, 5.74) is 2.08. The maximum absolute atomic E-state index is 13.3. The van der Waals surface area contributed by atoms with Gasteiger partial charge in [0.2, 0.25) is 0 Å². The molecule has 2 atom stereocenters. The summed E-state index contributed by atoms with van der Waals surface area (Å²) in [7, 11) is 1.56. The first-order chi connectivity index (χ1) is 17.0. The van der Waals surface area contributed by atoms with Gasteiger partial charge in [-0.2, -0.15) is 0 Å². The molecule has 2 aromatic carbocycles. The van der Waals surface area contributed by atoms with E-state index < -0.39 is 18.0 Å². The number of amides is 2. The Balaban J connectivity index is 1.52. The third kappa shape index (κ3) is 6.35. The summed E-state index contributed by atoms with van der Waals surface area (Å²) >= 11 is 0. The Morgan fingerprint density at radius 3 is 2.43 bits per heavy atom. The molecule has 2 fully saturated rings. The van der Waals surface area contributed by atoms with Crippen molar-refractivity contribution in [3.63, 3.8) is 0 Å². The SMILES string of the molecule is C=C1NC(=O)NC(c2ccc(OCc3ccccc3)c(OC)c2)C1C(=O)OC1CCCCCCC1. The summed E-state index contributed by atoms with van der Waals surface area (Å²) in [6.07, 6.45) is 7.34. The molecule has 35 heavy (non-hydrogen) atoms. The lowest BCUT2D eigenvalue weighted by molar-refractivity contribution is -0.155. The summed E-state index contributed by atoms with van der Waals surface area (Å²) in [5.74, 6) is -0.0304.